The Kier molecular flexibility index (Phi) is 5.93. The van der Waals surface area contributed by atoms with Crippen LogP contribution in [0.2, 0.25) is 0 Å². The molecule has 2 rings (SSSR count). The first-order chi connectivity index (χ1) is 10.7. The Morgan fingerprint density at radius 2 is 1.05 bits per heavy atom. The third-order valence-corrected chi connectivity index (χ3v) is 2.69. The molecule has 0 saturated carbocycles. The Morgan fingerprint density at radius 1 is 0.682 bits per heavy atom. The first-order valence-corrected chi connectivity index (χ1v) is 6.90. The molecule has 2 aromatic rings. The molecule has 22 heavy (non-hydrogen) atoms. The van der Waals surface area contributed by atoms with Crippen molar-refractivity contribution in [1.29, 1.82) is 0 Å². The number of carbonyl (C=O) groups excluding carboxylic acids is 2. The van der Waals surface area contributed by atoms with Crippen molar-refractivity contribution in [1.82, 2.24) is 0 Å². The minimum atomic E-state index is -0.376. The number of benzene rings is 2. The van der Waals surface area contributed by atoms with Crippen molar-refractivity contribution in [2.24, 2.45) is 0 Å². The van der Waals surface area contributed by atoms with Crippen LogP contribution in [0.15, 0.2) is 72.8 Å². The minimum absolute atomic E-state index is 0.105. The van der Waals surface area contributed by atoms with E-state index in [1.807, 2.05) is 12.1 Å². The Morgan fingerprint density at radius 3 is 1.41 bits per heavy atom. The number of ether oxygens (including phenoxy) is 2. The zero-order valence-corrected chi connectivity index (χ0v) is 12.0. The van der Waals surface area contributed by atoms with E-state index in [-0.39, 0.29) is 24.8 Å². The lowest BCUT2D eigenvalue weighted by atomic mass is 10.3. The van der Waals surface area contributed by atoms with E-state index in [1.165, 1.54) is 0 Å². The highest BCUT2D eigenvalue weighted by molar-refractivity contribution is 5.75. The normalized spacial score (nSPS) is 10.4. The predicted molar refractivity (Wildman–Crippen MR) is 82.5 cm³/mol. The summed E-state index contributed by atoms with van der Waals surface area (Å²) >= 11 is 0. The van der Waals surface area contributed by atoms with Crippen molar-refractivity contribution >= 4 is 11.9 Å². The lowest BCUT2D eigenvalue weighted by Crippen LogP contribution is -2.07. The number of carbonyl (C=O) groups is 2. The van der Waals surface area contributed by atoms with E-state index in [9.17, 15) is 9.59 Å². The summed E-state index contributed by atoms with van der Waals surface area (Å²) in [4.78, 5) is 23.1. The van der Waals surface area contributed by atoms with Crippen molar-refractivity contribution < 1.29 is 19.1 Å². The van der Waals surface area contributed by atoms with Crippen molar-refractivity contribution in [3.05, 3.63) is 72.8 Å². The first kappa shape index (κ1) is 15.5. The molecule has 0 aliphatic heterocycles. The van der Waals surface area contributed by atoms with Crippen molar-refractivity contribution in [2.45, 2.75) is 12.8 Å². The smallest absolute Gasteiger partial charge is 0.315 e. The molecular formula is C18H16O4. The molecule has 2 aromatic carbocycles. The van der Waals surface area contributed by atoms with Gasteiger partial charge in [-0.3, -0.25) is 9.59 Å². The summed E-state index contributed by atoms with van der Waals surface area (Å²) in [5, 5.41) is 0. The van der Waals surface area contributed by atoms with Gasteiger partial charge in [0, 0.05) is 0 Å². The van der Waals surface area contributed by atoms with Crippen molar-refractivity contribution in [2.75, 3.05) is 0 Å². The average molecular weight is 296 g/mol. The fourth-order valence-electron chi connectivity index (χ4n) is 1.68. The summed E-state index contributed by atoms with van der Waals surface area (Å²) < 4.78 is 10.2. The summed E-state index contributed by atoms with van der Waals surface area (Å²) in [7, 11) is 0. The average Bonchev–Trinajstić information content (AvgIpc) is 2.53. The molecule has 0 fully saturated rings. The molecular weight excluding hydrogens is 280 g/mol. The van der Waals surface area contributed by atoms with Gasteiger partial charge in [-0.2, -0.15) is 0 Å². The van der Waals surface area contributed by atoms with Gasteiger partial charge >= 0.3 is 11.9 Å². The van der Waals surface area contributed by atoms with Gasteiger partial charge < -0.3 is 9.47 Å². The number of hydrogen-bond acceptors (Lipinski definition) is 4. The van der Waals surface area contributed by atoms with Gasteiger partial charge in [-0.15, -0.1) is 0 Å². The Bertz CT molecular complexity index is 575. The van der Waals surface area contributed by atoms with Crippen LogP contribution >= 0.6 is 0 Å². The highest BCUT2D eigenvalue weighted by atomic mass is 16.5. The highest BCUT2D eigenvalue weighted by Gasteiger charge is 2.03. The molecule has 0 unspecified atom stereocenters. The maximum atomic E-state index is 11.6. The zero-order valence-electron chi connectivity index (χ0n) is 12.0. The van der Waals surface area contributed by atoms with Crippen LogP contribution < -0.4 is 9.47 Å². The van der Waals surface area contributed by atoms with E-state index in [0.717, 1.165) is 0 Å². The number of rotatable bonds is 6. The maximum absolute atomic E-state index is 11.6. The molecule has 4 heteroatoms. The largest absolute Gasteiger partial charge is 0.426 e. The summed E-state index contributed by atoms with van der Waals surface area (Å²) in [6, 6.07) is 17.7. The SMILES string of the molecule is O=C(CC=CCC(=O)Oc1ccccc1)Oc1ccccc1. The van der Waals surface area contributed by atoms with Gasteiger partial charge in [-0.1, -0.05) is 48.6 Å². The van der Waals surface area contributed by atoms with E-state index in [4.69, 9.17) is 9.47 Å². The van der Waals surface area contributed by atoms with Crippen LogP contribution in [-0.4, -0.2) is 11.9 Å². The topological polar surface area (TPSA) is 52.6 Å². The van der Waals surface area contributed by atoms with Gasteiger partial charge in [-0.25, -0.2) is 0 Å². The molecule has 0 radical (unpaired) electrons. The van der Waals surface area contributed by atoms with Gasteiger partial charge in [-0.05, 0) is 24.3 Å². The van der Waals surface area contributed by atoms with Crippen molar-refractivity contribution in [3.63, 3.8) is 0 Å². The number of hydrogen-bond donors (Lipinski definition) is 0. The van der Waals surface area contributed by atoms with E-state index in [0.29, 0.717) is 11.5 Å². The summed E-state index contributed by atoms with van der Waals surface area (Å²) in [5.41, 5.74) is 0. The molecule has 0 N–H and O–H groups in total. The molecule has 4 nitrogen and oxygen atoms in total. The summed E-state index contributed by atoms with van der Waals surface area (Å²) in [5.74, 6) is 0.256. The lowest BCUT2D eigenvalue weighted by molar-refractivity contribution is -0.134. The summed E-state index contributed by atoms with van der Waals surface area (Å²) in [6.45, 7) is 0. The fourth-order valence-corrected chi connectivity index (χ4v) is 1.68. The zero-order chi connectivity index (χ0) is 15.6. The molecule has 0 aliphatic carbocycles. The van der Waals surface area contributed by atoms with E-state index in [1.54, 1.807) is 60.7 Å². The number of esters is 2. The highest BCUT2D eigenvalue weighted by Crippen LogP contribution is 2.10. The van der Waals surface area contributed by atoms with E-state index in [2.05, 4.69) is 0 Å². The quantitative estimate of drug-likeness (QED) is 0.465. The van der Waals surface area contributed by atoms with Crippen molar-refractivity contribution in [3.8, 4) is 11.5 Å². The van der Waals surface area contributed by atoms with Gasteiger partial charge in [0.1, 0.15) is 11.5 Å². The van der Waals surface area contributed by atoms with Crippen LogP contribution in [0.25, 0.3) is 0 Å². The minimum Gasteiger partial charge on any atom is -0.426 e. The fraction of sp³-hybridized carbons (Fsp3) is 0.111. The third-order valence-electron chi connectivity index (χ3n) is 2.69. The third kappa shape index (κ3) is 5.63. The second-order valence-corrected chi connectivity index (χ2v) is 4.45. The molecule has 0 spiro atoms. The summed E-state index contributed by atoms with van der Waals surface area (Å²) in [6.07, 6.45) is 3.40. The monoisotopic (exact) mass is 296 g/mol. The molecule has 112 valence electrons. The molecule has 0 saturated heterocycles. The van der Waals surface area contributed by atoms with E-state index < -0.39 is 0 Å². The standard InChI is InChI=1S/C18H16O4/c19-17(21-15-9-3-1-4-10-15)13-7-8-14-18(20)22-16-11-5-2-6-12-16/h1-12H,13-14H2. The van der Waals surface area contributed by atoms with Gasteiger partial charge in [0.25, 0.3) is 0 Å². The van der Waals surface area contributed by atoms with Gasteiger partial charge in [0.05, 0.1) is 12.8 Å². The van der Waals surface area contributed by atoms with E-state index >= 15 is 0 Å². The second kappa shape index (κ2) is 8.42. The van der Waals surface area contributed by atoms with Crippen LogP contribution in [0.1, 0.15) is 12.8 Å². The molecule has 0 bridgehead atoms. The number of para-hydroxylation sites is 2. The maximum Gasteiger partial charge on any atom is 0.315 e. The lowest BCUT2D eigenvalue weighted by Gasteiger charge is -2.02. The van der Waals surface area contributed by atoms with Crippen LogP contribution in [-0.2, 0) is 9.59 Å². The molecule has 0 aromatic heterocycles. The predicted octanol–water partition coefficient (Wildman–Crippen LogP) is 3.53. The first-order valence-electron chi connectivity index (χ1n) is 6.90. The van der Waals surface area contributed by atoms with Crippen LogP contribution in [0.5, 0.6) is 11.5 Å². The molecule has 0 atom stereocenters. The van der Waals surface area contributed by atoms with Crippen LogP contribution in [0.4, 0.5) is 0 Å². The molecule has 0 amide bonds. The second-order valence-electron chi connectivity index (χ2n) is 4.45. The molecule has 0 aliphatic rings. The Balaban J connectivity index is 1.69. The Hall–Kier alpha value is -2.88. The van der Waals surface area contributed by atoms with Gasteiger partial charge in [0.2, 0.25) is 0 Å². The van der Waals surface area contributed by atoms with Gasteiger partial charge in [0.15, 0.2) is 0 Å². The van der Waals surface area contributed by atoms with Crippen LogP contribution in [0.3, 0.4) is 0 Å². The van der Waals surface area contributed by atoms with Crippen LogP contribution in [0, 0.1) is 0 Å². The molecule has 0 heterocycles. The Labute approximate surface area is 129 Å².